The van der Waals surface area contributed by atoms with E-state index in [1.54, 1.807) is 17.5 Å². The van der Waals surface area contributed by atoms with E-state index >= 15 is 0 Å². The number of nitrogen functional groups attached to an aromatic ring is 1. The van der Waals surface area contributed by atoms with Crippen molar-refractivity contribution in [2.45, 2.75) is 0 Å². The summed E-state index contributed by atoms with van der Waals surface area (Å²) in [6.45, 7) is 0. The first-order valence-corrected chi connectivity index (χ1v) is 5.30. The number of anilines is 1. The zero-order valence-electron chi connectivity index (χ0n) is 8.04. The molecule has 16 heavy (non-hydrogen) atoms. The molecular weight excluding hydrogens is 232 g/mol. The van der Waals surface area contributed by atoms with E-state index in [0.29, 0.717) is 4.88 Å². The first-order valence-electron chi connectivity index (χ1n) is 4.42. The summed E-state index contributed by atoms with van der Waals surface area (Å²) in [4.78, 5) is 12.1. The summed E-state index contributed by atoms with van der Waals surface area (Å²) < 4.78 is 26.5. The molecule has 0 radical (unpaired) electrons. The molecule has 0 saturated carbocycles. The van der Waals surface area contributed by atoms with Crippen LogP contribution < -0.4 is 5.73 Å². The molecule has 1 heterocycles. The quantitative estimate of drug-likeness (QED) is 0.646. The van der Waals surface area contributed by atoms with Crippen molar-refractivity contribution in [3.05, 3.63) is 51.7 Å². The van der Waals surface area contributed by atoms with Crippen LogP contribution in [-0.2, 0) is 0 Å². The number of halogens is 2. The minimum Gasteiger partial charge on any atom is -0.396 e. The third-order valence-electron chi connectivity index (χ3n) is 2.06. The lowest BCUT2D eigenvalue weighted by Gasteiger charge is -2.03. The van der Waals surface area contributed by atoms with E-state index in [0.717, 1.165) is 12.1 Å². The van der Waals surface area contributed by atoms with E-state index in [9.17, 15) is 13.6 Å². The Morgan fingerprint density at radius 2 is 2.06 bits per heavy atom. The van der Waals surface area contributed by atoms with Gasteiger partial charge < -0.3 is 5.73 Å². The number of carbonyl (C=O) groups excluding carboxylic acids is 1. The molecule has 2 nitrogen and oxygen atoms in total. The van der Waals surface area contributed by atoms with Crippen LogP contribution in [0.15, 0.2) is 29.6 Å². The minimum atomic E-state index is -0.875. The van der Waals surface area contributed by atoms with Gasteiger partial charge in [0.15, 0.2) is 5.82 Å². The van der Waals surface area contributed by atoms with E-state index in [1.807, 2.05) is 0 Å². The van der Waals surface area contributed by atoms with E-state index in [-0.39, 0.29) is 11.3 Å². The molecule has 0 aliphatic rings. The average molecular weight is 239 g/mol. The fourth-order valence-corrected chi connectivity index (χ4v) is 1.99. The molecule has 0 unspecified atom stereocenters. The number of ketones is 1. The molecule has 0 atom stereocenters. The molecule has 2 rings (SSSR count). The average Bonchev–Trinajstić information content (AvgIpc) is 2.75. The summed E-state index contributed by atoms with van der Waals surface area (Å²) in [6.07, 6.45) is 0. The van der Waals surface area contributed by atoms with Crippen molar-refractivity contribution in [1.82, 2.24) is 0 Å². The third-order valence-corrected chi connectivity index (χ3v) is 2.92. The van der Waals surface area contributed by atoms with Crippen molar-refractivity contribution < 1.29 is 13.6 Å². The number of carbonyl (C=O) groups is 1. The van der Waals surface area contributed by atoms with Crippen LogP contribution in [0, 0.1) is 11.6 Å². The molecule has 0 fully saturated rings. The molecule has 1 aromatic heterocycles. The lowest BCUT2D eigenvalue weighted by molar-refractivity contribution is 0.103. The van der Waals surface area contributed by atoms with Crippen LogP contribution in [0.2, 0.25) is 0 Å². The Hall–Kier alpha value is -1.75. The molecule has 0 aliphatic carbocycles. The highest BCUT2D eigenvalue weighted by molar-refractivity contribution is 7.12. The van der Waals surface area contributed by atoms with Crippen LogP contribution in [0.4, 0.5) is 14.5 Å². The van der Waals surface area contributed by atoms with Gasteiger partial charge in [-0.2, -0.15) is 0 Å². The summed E-state index contributed by atoms with van der Waals surface area (Å²) >= 11 is 1.17. The SMILES string of the molecule is Nc1cc(F)cc(C(=O)c2cccs2)c1F. The highest BCUT2D eigenvalue weighted by atomic mass is 32.1. The van der Waals surface area contributed by atoms with Gasteiger partial charge in [-0.15, -0.1) is 11.3 Å². The second kappa shape index (κ2) is 4.02. The molecule has 0 amide bonds. The second-order valence-electron chi connectivity index (χ2n) is 3.16. The van der Waals surface area contributed by atoms with Gasteiger partial charge in [0, 0.05) is 0 Å². The Morgan fingerprint density at radius 1 is 1.31 bits per heavy atom. The monoisotopic (exact) mass is 239 g/mol. The lowest BCUT2D eigenvalue weighted by Crippen LogP contribution is -2.06. The van der Waals surface area contributed by atoms with E-state index in [2.05, 4.69) is 0 Å². The highest BCUT2D eigenvalue weighted by Gasteiger charge is 2.18. The number of hydrogen-bond donors (Lipinski definition) is 1. The first-order chi connectivity index (χ1) is 7.59. The Labute approximate surface area is 94.3 Å². The Balaban J connectivity index is 2.52. The van der Waals surface area contributed by atoms with Gasteiger partial charge in [-0.05, 0) is 23.6 Å². The highest BCUT2D eigenvalue weighted by Crippen LogP contribution is 2.22. The molecule has 5 heteroatoms. The predicted molar refractivity (Wildman–Crippen MR) is 58.5 cm³/mol. The normalized spacial score (nSPS) is 10.4. The molecule has 0 bridgehead atoms. The maximum atomic E-state index is 13.5. The van der Waals surface area contributed by atoms with Gasteiger partial charge in [-0.1, -0.05) is 6.07 Å². The fraction of sp³-hybridized carbons (Fsp3) is 0. The zero-order valence-corrected chi connectivity index (χ0v) is 8.85. The van der Waals surface area contributed by atoms with E-state index < -0.39 is 17.4 Å². The smallest absolute Gasteiger partial charge is 0.206 e. The van der Waals surface area contributed by atoms with Crippen LogP contribution in [0.3, 0.4) is 0 Å². The number of benzene rings is 1. The molecule has 0 aliphatic heterocycles. The van der Waals surface area contributed by atoms with Gasteiger partial charge in [0.2, 0.25) is 5.78 Å². The number of nitrogens with two attached hydrogens (primary N) is 1. The number of thiophene rings is 1. The molecular formula is C11H7F2NOS. The fourth-order valence-electron chi connectivity index (χ4n) is 1.32. The summed E-state index contributed by atoms with van der Waals surface area (Å²) in [5.74, 6) is -2.16. The molecule has 0 spiro atoms. The third kappa shape index (κ3) is 1.81. The number of hydrogen-bond acceptors (Lipinski definition) is 3. The van der Waals surface area contributed by atoms with Crippen LogP contribution in [-0.4, -0.2) is 5.78 Å². The van der Waals surface area contributed by atoms with Crippen molar-refractivity contribution in [3.8, 4) is 0 Å². The van der Waals surface area contributed by atoms with Crippen LogP contribution >= 0.6 is 11.3 Å². The number of rotatable bonds is 2. The summed E-state index contributed by atoms with van der Waals surface area (Å²) in [7, 11) is 0. The second-order valence-corrected chi connectivity index (χ2v) is 4.11. The van der Waals surface area contributed by atoms with Gasteiger partial charge in [0.1, 0.15) is 5.82 Å². The lowest BCUT2D eigenvalue weighted by atomic mass is 10.1. The largest absolute Gasteiger partial charge is 0.396 e. The molecule has 2 aromatic rings. The Kier molecular flexibility index (Phi) is 2.70. The van der Waals surface area contributed by atoms with E-state index in [4.69, 9.17) is 5.73 Å². The maximum Gasteiger partial charge on any atom is 0.206 e. The van der Waals surface area contributed by atoms with Gasteiger partial charge in [0.05, 0.1) is 16.1 Å². The molecule has 1 aromatic carbocycles. The molecule has 2 N–H and O–H groups in total. The molecule has 82 valence electrons. The standard InChI is InChI=1S/C11H7F2NOS/c12-6-4-7(10(13)8(14)5-6)11(15)9-2-1-3-16-9/h1-5H,14H2. The maximum absolute atomic E-state index is 13.5. The minimum absolute atomic E-state index is 0.333. The molecule has 0 saturated heterocycles. The van der Waals surface area contributed by atoms with Crippen LogP contribution in [0.1, 0.15) is 15.2 Å². The van der Waals surface area contributed by atoms with Crippen molar-refractivity contribution in [1.29, 1.82) is 0 Å². The van der Waals surface area contributed by atoms with Gasteiger partial charge in [-0.25, -0.2) is 8.78 Å². The summed E-state index contributed by atoms with van der Waals surface area (Å²) in [5, 5.41) is 1.69. The first kappa shape index (κ1) is 10.8. The Bertz CT molecular complexity index is 537. The van der Waals surface area contributed by atoms with Crippen molar-refractivity contribution in [2.24, 2.45) is 0 Å². The Morgan fingerprint density at radius 3 is 2.69 bits per heavy atom. The van der Waals surface area contributed by atoms with Crippen LogP contribution in [0.25, 0.3) is 0 Å². The van der Waals surface area contributed by atoms with Gasteiger partial charge >= 0.3 is 0 Å². The topological polar surface area (TPSA) is 43.1 Å². The van der Waals surface area contributed by atoms with Crippen molar-refractivity contribution in [2.75, 3.05) is 5.73 Å². The van der Waals surface area contributed by atoms with Gasteiger partial charge in [0.25, 0.3) is 0 Å². The summed E-state index contributed by atoms with van der Waals surface area (Å²) in [6, 6.07) is 4.92. The van der Waals surface area contributed by atoms with Crippen LogP contribution in [0.5, 0.6) is 0 Å². The van der Waals surface area contributed by atoms with E-state index in [1.165, 1.54) is 11.3 Å². The zero-order chi connectivity index (χ0) is 11.7. The predicted octanol–water partition coefficient (Wildman–Crippen LogP) is 2.84. The van der Waals surface area contributed by atoms with Crippen molar-refractivity contribution >= 4 is 22.8 Å². The van der Waals surface area contributed by atoms with Crippen molar-refractivity contribution in [3.63, 3.8) is 0 Å². The van der Waals surface area contributed by atoms with Gasteiger partial charge in [-0.3, -0.25) is 4.79 Å². The summed E-state index contributed by atoms with van der Waals surface area (Å²) in [5.41, 5.74) is 4.55.